The SMILES string of the molecule is COC(=O)Nc1ccc(-c2nc([C@H](Cc3ccccc3)N3CCc4cc(CN)ccc4C3=O)[nH]c2Cl)cc1. The summed E-state index contributed by atoms with van der Waals surface area (Å²) >= 11 is 6.64. The molecule has 4 N–H and O–H groups in total. The quantitative estimate of drug-likeness (QED) is 0.299. The number of H-pyrrole nitrogens is 1. The molecule has 0 saturated heterocycles. The lowest BCUT2D eigenvalue weighted by atomic mass is 9.94. The maximum absolute atomic E-state index is 13.7. The van der Waals surface area contributed by atoms with Gasteiger partial charge in [0.25, 0.3) is 5.91 Å². The van der Waals surface area contributed by atoms with Crippen LogP contribution in [0.1, 0.15) is 38.9 Å². The van der Waals surface area contributed by atoms with Crippen LogP contribution in [0.15, 0.2) is 72.8 Å². The summed E-state index contributed by atoms with van der Waals surface area (Å²) in [6, 6.07) is 22.6. The number of nitrogens with zero attached hydrogens (tertiary/aromatic N) is 2. The number of amides is 2. The molecule has 2 heterocycles. The van der Waals surface area contributed by atoms with Crippen molar-refractivity contribution in [3.63, 3.8) is 0 Å². The summed E-state index contributed by atoms with van der Waals surface area (Å²) in [5.41, 5.74) is 11.6. The lowest BCUT2D eigenvalue weighted by Crippen LogP contribution is -2.41. The minimum absolute atomic E-state index is 0.0388. The van der Waals surface area contributed by atoms with Crippen molar-refractivity contribution in [1.82, 2.24) is 14.9 Å². The van der Waals surface area contributed by atoms with E-state index in [1.54, 1.807) is 12.1 Å². The molecular formula is C29H28ClN5O3. The van der Waals surface area contributed by atoms with Crippen molar-refractivity contribution in [2.24, 2.45) is 5.73 Å². The number of nitrogens with one attached hydrogen (secondary N) is 2. The van der Waals surface area contributed by atoms with E-state index in [0.717, 1.165) is 28.7 Å². The van der Waals surface area contributed by atoms with Crippen molar-refractivity contribution < 1.29 is 14.3 Å². The Morgan fingerprint density at radius 2 is 1.89 bits per heavy atom. The van der Waals surface area contributed by atoms with Crippen LogP contribution in [0.2, 0.25) is 5.15 Å². The molecule has 8 nitrogen and oxygen atoms in total. The van der Waals surface area contributed by atoms with E-state index in [-0.39, 0.29) is 11.9 Å². The Balaban J connectivity index is 1.48. The number of hydrogen-bond donors (Lipinski definition) is 3. The molecule has 5 rings (SSSR count). The number of halogens is 1. The van der Waals surface area contributed by atoms with Crippen molar-refractivity contribution in [3.05, 3.63) is 106 Å². The van der Waals surface area contributed by atoms with E-state index in [9.17, 15) is 9.59 Å². The number of carbonyl (C=O) groups is 2. The Kier molecular flexibility index (Phi) is 7.44. The summed E-state index contributed by atoms with van der Waals surface area (Å²) in [5.74, 6) is 0.573. The van der Waals surface area contributed by atoms with Crippen molar-refractivity contribution in [1.29, 1.82) is 0 Å². The highest BCUT2D eigenvalue weighted by Crippen LogP contribution is 2.34. The highest BCUT2D eigenvalue weighted by molar-refractivity contribution is 6.31. The molecule has 1 aromatic heterocycles. The van der Waals surface area contributed by atoms with Gasteiger partial charge < -0.3 is 20.4 Å². The number of aromatic nitrogens is 2. The lowest BCUT2D eigenvalue weighted by Gasteiger charge is -2.35. The summed E-state index contributed by atoms with van der Waals surface area (Å²) in [6.45, 7) is 0.994. The fourth-order valence-corrected chi connectivity index (χ4v) is 5.02. The largest absolute Gasteiger partial charge is 0.453 e. The molecule has 194 valence electrons. The van der Waals surface area contributed by atoms with Crippen LogP contribution in [-0.2, 0) is 24.1 Å². The smallest absolute Gasteiger partial charge is 0.411 e. The number of rotatable bonds is 7. The molecule has 38 heavy (non-hydrogen) atoms. The Labute approximate surface area is 225 Å². The third-order valence-corrected chi connectivity index (χ3v) is 7.02. The molecule has 1 aliphatic rings. The first-order chi connectivity index (χ1) is 18.5. The van der Waals surface area contributed by atoms with Crippen LogP contribution in [0.5, 0.6) is 0 Å². The highest BCUT2D eigenvalue weighted by atomic mass is 35.5. The van der Waals surface area contributed by atoms with Crippen LogP contribution in [0.25, 0.3) is 11.3 Å². The molecule has 0 unspecified atom stereocenters. The van der Waals surface area contributed by atoms with Crippen LogP contribution in [0, 0.1) is 0 Å². The number of hydrogen-bond acceptors (Lipinski definition) is 5. The maximum atomic E-state index is 13.7. The second-order valence-corrected chi connectivity index (χ2v) is 9.51. The zero-order valence-electron chi connectivity index (χ0n) is 20.9. The van der Waals surface area contributed by atoms with Crippen LogP contribution in [0.3, 0.4) is 0 Å². The van der Waals surface area contributed by atoms with Gasteiger partial charge in [-0.1, -0.05) is 66.2 Å². The second-order valence-electron chi connectivity index (χ2n) is 9.13. The molecule has 1 atom stereocenters. The predicted octanol–water partition coefficient (Wildman–Crippen LogP) is 5.35. The molecule has 0 bridgehead atoms. The van der Waals surface area contributed by atoms with E-state index < -0.39 is 6.09 Å². The molecule has 4 aromatic rings. The Bertz CT molecular complexity index is 1450. The number of ether oxygens (including phenoxy) is 1. The molecule has 0 spiro atoms. The van der Waals surface area contributed by atoms with Gasteiger partial charge in [-0.05, 0) is 41.3 Å². The number of imidazole rings is 1. The van der Waals surface area contributed by atoms with E-state index >= 15 is 0 Å². The molecule has 0 aliphatic carbocycles. The third kappa shape index (κ3) is 5.27. The van der Waals surface area contributed by atoms with E-state index in [4.69, 9.17) is 22.3 Å². The van der Waals surface area contributed by atoms with E-state index in [2.05, 4.69) is 15.0 Å². The summed E-state index contributed by atoms with van der Waals surface area (Å²) in [7, 11) is 1.31. The molecule has 2 amide bonds. The first-order valence-electron chi connectivity index (χ1n) is 12.3. The van der Waals surface area contributed by atoms with E-state index in [1.807, 2.05) is 65.6 Å². The summed E-state index contributed by atoms with van der Waals surface area (Å²) in [5, 5.41) is 3.00. The highest BCUT2D eigenvalue weighted by Gasteiger charge is 2.33. The maximum Gasteiger partial charge on any atom is 0.411 e. The van der Waals surface area contributed by atoms with Gasteiger partial charge in [0, 0.05) is 36.3 Å². The minimum Gasteiger partial charge on any atom is -0.453 e. The van der Waals surface area contributed by atoms with E-state index in [0.29, 0.717) is 47.4 Å². The van der Waals surface area contributed by atoms with Gasteiger partial charge >= 0.3 is 6.09 Å². The van der Waals surface area contributed by atoms with Crippen molar-refractivity contribution in [3.8, 4) is 11.3 Å². The van der Waals surface area contributed by atoms with Gasteiger partial charge in [0.2, 0.25) is 0 Å². The zero-order chi connectivity index (χ0) is 26.6. The molecule has 0 radical (unpaired) electrons. The first kappa shape index (κ1) is 25.5. The van der Waals surface area contributed by atoms with Crippen LogP contribution < -0.4 is 11.1 Å². The van der Waals surface area contributed by atoms with Gasteiger partial charge in [0.1, 0.15) is 16.7 Å². The Hall–Kier alpha value is -4.14. The number of anilines is 1. The first-order valence-corrected chi connectivity index (χ1v) is 12.7. The minimum atomic E-state index is -0.548. The molecular weight excluding hydrogens is 502 g/mol. The number of methoxy groups -OCH3 is 1. The third-order valence-electron chi connectivity index (χ3n) is 6.75. The molecule has 3 aromatic carbocycles. The topological polar surface area (TPSA) is 113 Å². The number of fused-ring (bicyclic) bond motifs is 1. The summed E-state index contributed by atoms with van der Waals surface area (Å²) < 4.78 is 4.64. The molecule has 0 fully saturated rings. The van der Waals surface area contributed by atoms with Gasteiger partial charge in [-0.15, -0.1) is 0 Å². The second kappa shape index (κ2) is 11.1. The zero-order valence-corrected chi connectivity index (χ0v) is 21.7. The molecule has 1 aliphatic heterocycles. The van der Waals surface area contributed by atoms with Crippen LogP contribution >= 0.6 is 11.6 Å². The predicted molar refractivity (Wildman–Crippen MR) is 147 cm³/mol. The monoisotopic (exact) mass is 529 g/mol. The number of aromatic amines is 1. The van der Waals surface area contributed by atoms with Gasteiger partial charge in [-0.3, -0.25) is 10.1 Å². The Morgan fingerprint density at radius 1 is 1.13 bits per heavy atom. The summed E-state index contributed by atoms with van der Waals surface area (Å²) in [4.78, 5) is 35.2. The molecule has 9 heteroatoms. The van der Waals surface area contributed by atoms with Gasteiger partial charge in [0.15, 0.2) is 0 Å². The average molecular weight is 530 g/mol. The molecule has 0 saturated carbocycles. The standard InChI is InChI=1S/C29H28ClN5O3/c1-38-29(37)32-22-10-8-20(9-11-22)25-26(30)34-27(33-25)24(16-18-5-3-2-4-6-18)35-14-13-21-15-19(17-31)7-12-23(21)28(35)36/h2-12,15,24H,13-14,16-17,31H2,1H3,(H,32,37)(H,33,34)/t24-/m0/s1. The van der Waals surface area contributed by atoms with Crippen LogP contribution in [-0.4, -0.2) is 40.5 Å². The summed E-state index contributed by atoms with van der Waals surface area (Å²) in [6.07, 6.45) is 0.762. The fourth-order valence-electron chi connectivity index (χ4n) is 4.77. The normalized spacial score (nSPS) is 13.7. The Morgan fingerprint density at radius 3 is 2.61 bits per heavy atom. The van der Waals surface area contributed by atoms with Crippen molar-refractivity contribution in [2.45, 2.75) is 25.4 Å². The number of nitrogens with two attached hydrogens (primary N) is 1. The van der Waals surface area contributed by atoms with Crippen molar-refractivity contribution >= 4 is 29.3 Å². The van der Waals surface area contributed by atoms with Gasteiger partial charge in [-0.2, -0.15) is 0 Å². The fraction of sp³-hybridized carbons (Fsp3) is 0.207. The number of benzene rings is 3. The average Bonchev–Trinajstić information content (AvgIpc) is 3.34. The number of carbonyl (C=O) groups excluding carboxylic acids is 2. The lowest BCUT2D eigenvalue weighted by molar-refractivity contribution is 0.0648. The van der Waals surface area contributed by atoms with Gasteiger partial charge in [0.05, 0.1) is 13.2 Å². The van der Waals surface area contributed by atoms with Crippen LogP contribution in [0.4, 0.5) is 10.5 Å². The van der Waals surface area contributed by atoms with E-state index in [1.165, 1.54) is 7.11 Å². The van der Waals surface area contributed by atoms with Crippen molar-refractivity contribution in [2.75, 3.05) is 19.0 Å². The van der Waals surface area contributed by atoms with Gasteiger partial charge in [-0.25, -0.2) is 9.78 Å².